The van der Waals surface area contributed by atoms with E-state index in [-0.39, 0.29) is 0 Å². The van der Waals surface area contributed by atoms with Crippen molar-refractivity contribution >= 4 is 11.6 Å². The van der Waals surface area contributed by atoms with Crippen molar-refractivity contribution in [2.75, 3.05) is 23.4 Å². The van der Waals surface area contributed by atoms with Crippen LogP contribution in [0, 0.1) is 12.8 Å². The molecule has 0 saturated carbocycles. The summed E-state index contributed by atoms with van der Waals surface area (Å²) in [5.74, 6) is 9.24. The van der Waals surface area contributed by atoms with Crippen LogP contribution in [0.15, 0.2) is 0 Å². The minimum Gasteiger partial charge on any atom is -0.356 e. The fraction of sp³-hybridized carbons (Fsp3) is 0.714. The molecule has 0 amide bonds. The molecule has 1 aliphatic rings. The van der Waals surface area contributed by atoms with Crippen LogP contribution in [0.2, 0.25) is 0 Å². The standard InChI is InChI=1S/C14H25N5/c1-9(2)12-16-13(18-15)11(4)14(17-12)19-7-5-6-10(3)8-19/h9-10H,5-8,15H2,1-4H3,(H,16,17,18). The quantitative estimate of drug-likeness (QED) is 0.647. The van der Waals surface area contributed by atoms with Gasteiger partial charge >= 0.3 is 0 Å². The lowest BCUT2D eigenvalue weighted by Gasteiger charge is -2.33. The molecule has 3 N–H and O–H groups in total. The summed E-state index contributed by atoms with van der Waals surface area (Å²) in [6, 6.07) is 0. The molecule has 1 unspecified atom stereocenters. The fourth-order valence-electron chi connectivity index (χ4n) is 2.61. The Hall–Kier alpha value is -1.36. The molecule has 1 aromatic heterocycles. The van der Waals surface area contributed by atoms with E-state index in [2.05, 4.69) is 36.1 Å². The molecule has 0 aromatic carbocycles. The van der Waals surface area contributed by atoms with E-state index in [0.717, 1.165) is 42.0 Å². The molecule has 2 heterocycles. The van der Waals surface area contributed by atoms with Gasteiger partial charge < -0.3 is 10.3 Å². The van der Waals surface area contributed by atoms with Crippen molar-refractivity contribution in [2.45, 2.75) is 46.5 Å². The predicted octanol–water partition coefficient (Wildman–Crippen LogP) is 2.43. The van der Waals surface area contributed by atoms with Gasteiger partial charge in [-0.15, -0.1) is 0 Å². The summed E-state index contributed by atoms with van der Waals surface area (Å²) in [6.45, 7) is 10.7. The Morgan fingerprint density at radius 1 is 1.37 bits per heavy atom. The normalized spacial score (nSPS) is 19.9. The van der Waals surface area contributed by atoms with Crippen LogP contribution >= 0.6 is 0 Å². The maximum absolute atomic E-state index is 5.59. The average Bonchev–Trinajstić information content (AvgIpc) is 2.38. The van der Waals surface area contributed by atoms with E-state index in [0.29, 0.717) is 5.92 Å². The Balaban J connectivity index is 2.39. The maximum atomic E-state index is 5.59. The van der Waals surface area contributed by atoms with Crippen LogP contribution in [0.25, 0.3) is 0 Å². The van der Waals surface area contributed by atoms with Crippen LogP contribution in [0.4, 0.5) is 11.6 Å². The van der Waals surface area contributed by atoms with Gasteiger partial charge in [-0.25, -0.2) is 15.8 Å². The van der Waals surface area contributed by atoms with Crippen molar-refractivity contribution in [3.8, 4) is 0 Å². The molecule has 0 bridgehead atoms. The van der Waals surface area contributed by atoms with Gasteiger partial charge in [0.15, 0.2) is 0 Å². The lowest BCUT2D eigenvalue weighted by Crippen LogP contribution is -2.36. The van der Waals surface area contributed by atoms with E-state index in [1.807, 2.05) is 6.92 Å². The summed E-state index contributed by atoms with van der Waals surface area (Å²) < 4.78 is 0. The summed E-state index contributed by atoms with van der Waals surface area (Å²) in [4.78, 5) is 11.6. The van der Waals surface area contributed by atoms with Crippen molar-refractivity contribution in [3.05, 3.63) is 11.4 Å². The highest BCUT2D eigenvalue weighted by atomic mass is 15.3. The van der Waals surface area contributed by atoms with E-state index in [4.69, 9.17) is 10.8 Å². The molecule has 2 rings (SSSR count). The van der Waals surface area contributed by atoms with E-state index < -0.39 is 0 Å². The molecule has 106 valence electrons. The van der Waals surface area contributed by atoms with Gasteiger partial charge in [0.1, 0.15) is 17.5 Å². The van der Waals surface area contributed by atoms with Gasteiger partial charge in [0.25, 0.3) is 0 Å². The molecule has 1 aliphatic heterocycles. The van der Waals surface area contributed by atoms with Crippen molar-refractivity contribution in [1.82, 2.24) is 9.97 Å². The van der Waals surface area contributed by atoms with E-state index >= 15 is 0 Å². The lowest BCUT2D eigenvalue weighted by molar-refractivity contribution is 0.443. The molecule has 19 heavy (non-hydrogen) atoms. The third-order valence-corrected chi connectivity index (χ3v) is 3.75. The fourth-order valence-corrected chi connectivity index (χ4v) is 2.61. The lowest BCUT2D eigenvalue weighted by atomic mass is 10.00. The topological polar surface area (TPSA) is 67.1 Å². The first-order chi connectivity index (χ1) is 9.02. The molecule has 1 fully saturated rings. The zero-order valence-electron chi connectivity index (χ0n) is 12.4. The molecular formula is C14H25N5. The largest absolute Gasteiger partial charge is 0.356 e. The Labute approximate surface area is 115 Å². The first kappa shape index (κ1) is 14.1. The number of hydrogen-bond donors (Lipinski definition) is 2. The zero-order chi connectivity index (χ0) is 14.0. The Morgan fingerprint density at radius 3 is 2.68 bits per heavy atom. The van der Waals surface area contributed by atoms with Gasteiger partial charge in [0.2, 0.25) is 0 Å². The molecule has 1 saturated heterocycles. The van der Waals surface area contributed by atoms with E-state index in [1.54, 1.807) is 0 Å². The number of nitrogens with two attached hydrogens (primary N) is 1. The van der Waals surface area contributed by atoms with Crippen molar-refractivity contribution in [2.24, 2.45) is 11.8 Å². The molecule has 0 spiro atoms. The first-order valence-electron chi connectivity index (χ1n) is 7.13. The number of piperidine rings is 1. The van der Waals surface area contributed by atoms with Gasteiger partial charge in [0.05, 0.1) is 0 Å². The molecule has 0 aliphatic carbocycles. The van der Waals surface area contributed by atoms with Gasteiger partial charge in [-0.3, -0.25) is 0 Å². The summed E-state index contributed by atoms with van der Waals surface area (Å²) in [5, 5.41) is 0. The number of nitrogens with one attached hydrogen (secondary N) is 1. The molecule has 5 heteroatoms. The summed E-state index contributed by atoms with van der Waals surface area (Å²) in [7, 11) is 0. The zero-order valence-corrected chi connectivity index (χ0v) is 12.4. The number of rotatable bonds is 3. The second kappa shape index (κ2) is 5.74. The second-order valence-corrected chi connectivity index (χ2v) is 5.87. The number of anilines is 2. The summed E-state index contributed by atoms with van der Waals surface area (Å²) in [5.41, 5.74) is 3.75. The van der Waals surface area contributed by atoms with Gasteiger partial charge in [-0.2, -0.15) is 0 Å². The van der Waals surface area contributed by atoms with Crippen LogP contribution < -0.4 is 16.2 Å². The van der Waals surface area contributed by atoms with Gasteiger partial charge in [-0.1, -0.05) is 20.8 Å². The molecular weight excluding hydrogens is 238 g/mol. The minimum absolute atomic E-state index is 0.300. The number of nitrogen functional groups attached to an aromatic ring is 1. The molecule has 0 radical (unpaired) electrons. The third-order valence-electron chi connectivity index (χ3n) is 3.75. The highest BCUT2D eigenvalue weighted by molar-refractivity contribution is 5.58. The number of hydrogen-bond acceptors (Lipinski definition) is 5. The van der Waals surface area contributed by atoms with E-state index in [1.165, 1.54) is 12.8 Å². The SMILES string of the molecule is Cc1c(NN)nc(C(C)C)nc1N1CCCC(C)C1. The Morgan fingerprint density at radius 2 is 2.11 bits per heavy atom. The molecule has 5 nitrogen and oxygen atoms in total. The Bertz CT molecular complexity index is 444. The van der Waals surface area contributed by atoms with Gasteiger partial charge in [0, 0.05) is 24.6 Å². The first-order valence-corrected chi connectivity index (χ1v) is 7.13. The summed E-state index contributed by atoms with van der Waals surface area (Å²) >= 11 is 0. The number of aromatic nitrogens is 2. The van der Waals surface area contributed by atoms with Crippen LogP contribution in [-0.4, -0.2) is 23.1 Å². The van der Waals surface area contributed by atoms with Crippen molar-refractivity contribution < 1.29 is 0 Å². The van der Waals surface area contributed by atoms with Crippen LogP contribution in [0.5, 0.6) is 0 Å². The Kier molecular flexibility index (Phi) is 4.24. The van der Waals surface area contributed by atoms with Gasteiger partial charge in [-0.05, 0) is 25.7 Å². The third kappa shape index (κ3) is 2.97. The molecule has 1 atom stereocenters. The summed E-state index contributed by atoms with van der Waals surface area (Å²) in [6.07, 6.45) is 2.53. The monoisotopic (exact) mass is 263 g/mol. The maximum Gasteiger partial charge on any atom is 0.148 e. The highest BCUT2D eigenvalue weighted by Crippen LogP contribution is 2.28. The van der Waals surface area contributed by atoms with Crippen LogP contribution in [0.1, 0.15) is 50.9 Å². The highest BCUT2D eigenvalue weighted by Gasteiger charge is 2.22. The minimum atomic E-state index is 0.300. The van der Waals surface area contributed by atoms with Crippen LogP contribution in [-0.2, 0) is 0 Å². The average molecular weight is 263 g/mol. The predicted molar refractivity (Wildman–Crippen MR) is 79.3 cm³/mol. The van der Waals surface area contributed by atoms with Crippen LogP contribution in [0.3, 0.4) is 0 Å². The second-order valence-electron chi connectivity index (χ2n) is 5.87. The van der Waals surface area contributed by atoms with E-state index in [9.17, 15) is 0 Å². The van der Waals surface area contributed by atoms with Crippen molar-refractivity contribution in [3.63, 3.8) is 0 Å². The van der Waals surface area contributed by atoms with Crippen molar-refractivity contribution in [1.29, 1.82) is 0 Å². The number of hydrazine groups is 1. The molecule has 1 aromatic rings. The number of nitrogens with zero attached hydrogens (tertiary/aromatic N) is 3. The smallest absolute Gasteiger partial charge is 0.148 e.